The fourth-order valence-corrected chi connectivity index (χ4v) is 1.89. The molecule has 0 bridgehead atoms. The Balaban J connectivity index is 1.85. The zero-order valence-electron chi connectivity index (χ0n) is 8.42. The van der Waals surface area contributed by atoms with Gasteiger partial charge in [0, 0.05) is 0 Å². The molecule has 0 aromatic heterocycles. The summed E-state index contributed by atoms with van der Waals surface area (Å²) in [6.45, 7) is 2.33. The molecule has 0 aromatic rings. The Bertz CT molecular complexity index is 260. The van der Waals surface area contributed by atoms with Crippen LogP contribution in [0.3, 0.4) is 0 Å². The van der Waals surface area contributed by atoms with Gasteiger partial charge in [0.15, 0.2) is 0 Å². The SMILES string of the molecule is CC(C=C1CC1)CC1=CCCC=C1. The fraction of sp³-hybridized carbons (Fsp3) is 0.538. The van der Waals surface area contributed by atoms with Crippen LogP contribution in [0.1, 0.15) is 39.0 Å². The van der Waals surface area contributed by atoms with Crippen molar-refractivity contribution in [2.75, 3.05) is 0 Å². The van der Waals surface area contributed by atoms with E-state index in [0.29, 0.717) is 0 Å². The molecule has 0 aromatic carbocycles. The van der Waals surface area contributed by atoms with Crippen molar-refractivity contribution >= 4 is 0 Å². The Morgan fingerprint density at radius 3 is 2.85 bits per heavy atom. The number of allylic oxidation sites excluding steroid dienone is 6. The monoisotopic (exact) mass is 174 g/mol. The molecule has 0 nitrogen and oxygen atoms in total. The van der Waals surface area contributed by atoms with Crippen LogP contribution in [0.15, 0.2) is 35.5 Å². The first-order valence-electron chi connectivity index (χ1n) is 5.40. The molecule has 2 aliphatic carbocycles. The Hall–Kier alpha value is -0.780. The van der Waals surface area contributed by atoms with E-state index < -0.39 is 0 Å². The summed E-state index contributed by atoms with van der Waals surface area (Å²) in [5.41, 5.74) is 3.21. The quantitative estimate of drug-likeness (QED) is 0.567. The summed E-state index contributed by atoms with van der Waals surface area (Å²) in [6, 6.07) is 0. The number of hydrogen-bond donors (Lipinski definition) is 0. The lowest BCUT2D eigenvalue weighted by Gasteiger charge is -2.09. The van der Waals surface area contributed by atoms with Crippen molar-refractivity contribution in [3.63, 3.8) is 0 Å². The van der Waals surface area contributed by atoms with Crippen molar-refractivity contribution in [3.05, 3.63) is 35.5 Å². The van der Waals surface area contributed by atoms with Crippen molar-refractivity contribution in [1.29, 1.82) is 0 Å². The van der Waals surface area contributed by atoms with Crippen LogP contribution in [-0.4, -0.2) is 0 Å². The van der Waals surface area contributed by atoms with E-state index in [4.69, 9.17) is 0 Å². The molecule has 2 aliphatic rings. The third-order valence-electron chi connectivity index (χ3n) is 2.69. The molecule has 0 heteroatoms. The van der Waals surface area contributed by atoms with E-state index in [-0.39, 0.29) is 0 Å². The molecule has 1 unspecified atom stereocenters. The van der Waals surface area contributed by atoms with Gasteiger partial charge in [-0.3, -0.25) is 0 Å². The Kier molecular flexibility index (Phi) is 2.68. The maximum absolute atomic E-state index is 2.46. The van der Waals surface area contributed by atoms with Crippen molar-refractivity contribution < 1.29 is 0 Å². The van der Waals surface area contributed by atoms with Gasteiger partial charge in [-0.1, -0.05) is 42.4 Å². The molecule has 70 valence electrons. The lowest BCUT2D eigenvalue weighted by Crippen LogP contribution is -1.93. The lowest BCUT2D eigenvalue weighted by molar-refractivity contribution is 0.718. The van der Waals surface area contributed by atoms with Gasteiger partial charge in [-0.25, -0.2) is 0 Å². The van der Waals surface area contributed by atoms with Crippen molar-refractivity contribution in [2.45, 2.75) is 39.0 Å². The van der Waals surface area contributed by atoms with Crippen molar-refractivity contribution in [1.82, 2.24) is 0 Å². The molecule has 0 saturated heterocycles. The first-order valence-corrected chi connectivity index (χ1v) is 5.40. The average molecular weight is 174 g/mol. The topological polar surface area (TPSA) is 0 Å². The van der Waals surface area contributed by atoms with Gasteiger partial charge in [-0.05, 0) is 38.0 Å². The van der Waals surface area contributed by atoms with Gasteiger partial charge in [0.1, 0.15) is 0 Å². The molecule has 1 atom stereocenters. The predicted octanol–water partition coefficient (Wildman–Crippen LogP) is 4.01. The minimum Gasteiger partial charge on any atom is -0.0840 e. The summed E-state index contributed by atoms with van der Waals surface area (Å²) >= 11 is 0. The van der Waals surface area contributed by atoms with Gasteiger partial charge in [-0.2, -0.15) is 0 Å². The summed E-state index contributed by atoms with van der Waals surface area (Å²) in [6.07, 6.45) is 15.9. The molecule has 0 radical (unpaired) electrons. The summed E-state index contributed by atoms with van der Waals surface area (Å²) < 4.78 is 0. The highest BCUT2D eigenvalue weighted by molar-refractivity contribution is 5.25. The van der Waals surface area contributed by atoms with Crippen LogP contribution in [0, 0.1) is 5.92 Å². The van der Waals surface area contributed by atoms with Crippen LogP contribution in [0.4, 0.5) is 0 Å². The Morgan fingerprint density at radius 1 is 1.38 bits per heavy atom. The molecular formula is C13H18. The Morgan fingerprint density at radius 2 is 2.23 bits per heavy atom. The van der Waals surface area contributed by atoms with Crippen molar-refractivity contribution in [3.8, 4) is 0 Å². The average Bonchev–Trinajstić information content (AvgIpc) is 2.90. The predicted molar refractivity (Wildman–Crippen MR) is 57.6 cm³/mol. The van der Waals surface area contributed by atoms with Gasteiger partial charge in [0.2, 0.25) is 0 Å². The highest BCUT2D eigenvalue weighted by Gasteiger charge is 2.12. The van der Waals surface area contributed by atoms with E-state index in [1.165, 1.54) is 37.7 Å². The molecule has 0 aliphatic heterocycles. The van der Waals surface area contributed by atoms with Gasteiger partial charge in [0.25, 0.3) is 0 Å². The number of rotatable bonds is 3. The highest BCUT2D eigenvalue weighted by atomic mass is 14.2. The van der Waals surface area contributed by atoms with E-state index in [9.17, 15) is 0 Å². The van der Waals surface area contributed by atoms with Crippen LogP contribution in [0.5, 0.6) is 0 Å². The molecule has 0 heterocycles. The second-order valence-corrected chi connectivity index (χ2v) is 4.27. The van der Waals surface area contributed by atoms with E-state index in [1.54, 1.807) is 5.57 Å². The lowest BCUT2D eigenvalue weighted by atomic mass is 9.96. The summed E-state index contributed by atoms with van der Waals surface area (Å²) in [7, 11) is 0. The smallest absolute Gasteiger partial charge is 0.0219 e. The maximum atomic E-state index is 2.46. The standard InChI is InChI=1S/C13H18/c1-11(10-13-7-8-13)9-12-5-3-2-4-6-12/h3,5-6,10-11H,2,4,7-9H2,1H3. The second kappa shape index (κ2) is 3.95. The summed E-state index contributed by atoms with van der Waals surface area (Å²) in [5.74, 6) is 0.742. The summed E-state index contributed by atoms with van der Waals surface area (Å²) in [4.78, 5) is 0. The second-order valence-electron chi connectivity index (χ2n) is 4.27. The third-order valence-corrected chi connectivity index (χ3v) is 2.69. The van der Waals surface area contributed by atoms with Gasteiger partial charge in [-0.15, -0.1) is 0 Å². The zero-order valence-corrected chi connectivity index (χ0v) is 8.42. The number of hydrogen-bond acceptors (Lipinski definition) is 0. The van der Waals surface area contributed by atoms with Crippen LogP contribution < -0.4 is 0 Å². The zero-order chi connectivity index (χ0) is 9.10. The molecule has 13 heavy (non-hydrogen) atoms. The van der Waals surface area contributed by atoms with Crippen LogP contribution in [-0.2, 0) is 0 Å². The van der Waals surface area contributed by atoms with E-state index in [0.717, 1.165) is 5.92 Å². The minimum absolute atomic E-state index is 0.742. The maximum Gasteiger partial charge on any atom is -0.0219 e. The third kappa shape index (κ3) is 2.87. The molecule has 1 saturated carbocycles. The highest BCUT2D eigenvalue weighted by Crippen LogP contribution is 2.30. The van der Waals surface area contributed by atoms with Crippen LogP contribution in [0.2, 0.25) is 0 Å². The molecule has 1 fully saturated rings. The largest absolute Gasteiger partial charge is 0.0840 e. The van der Waals surface area contributed by atoms with Crippen LogP contribution in [0.25, 0.3) is 0 Å². The fourth-order valence-electron chi connectivity index (χ4n) is 1.89. The van der Waals surface area contributed by atoms with Gasteiger partial charge in [0.05, 0.1) is 0 Å². The minimum atomic E-state index is 0.742. The van der Waals surface area contributed by atoms with Gasteiger partial charge < -0.3 is 0 Å². The first-order chi connectivity index (χ1) is 6.34. The molecule has 0 amide bonds. The molecule has 0 spiro atoms. The van der Waals surface area contributed by atoms with E-state index in [1.807, 2.05) is 0 Å². The first kappa shape index (κ1) is 8.80. The van der Waals surface area contributed by atoms with Crippen molar-refractivity contribution in [2.24, 2.45) is 5.92 Å². The van der Waals surface area contributed by atoms with E-state index in [2.05, 4.69) is 31.2 Å². The Labute approximate surface area is 81.0 Å². The normalized spacial score (nSPS) is 22.5. The molecule has 0 N–H and O–H groups in total. The molecular weight excluding hydrogens is 156 g/mol. The van der Waals surface area contributed by atoms with Gasteiger partial charge >= 0.3 is 0 Å². The summed E-state index contributed by atoms with van der Waals surface area (Å²) in [5, 5.41) is 0. The van der Waals surface area contributed by atoms with E-state index >= 15 is 0 Å². The van der Waals surface area contributed by atoms with Crippen LogP contribution >= 0.6 is 0 Å². The molecule has 2 rings (SSSR count).